The number of nitrogens with zero attached hydrogens (tertiary/aromatic N) is 1. The number of cyclic esters (lactones) is 1. The van der Waals surface area contributed by atoms with Crippen LogP contribution in [-0.2, 0) is 107 Å². The molecule has 1 aromatic rings. The van der Waals surface area contributed by atoms with E-state index in [-0.39, 0.29) is 56.8 Å². The summed E-state index contributed by atoms with van der Waals surface area (Å²) in [5, 5.41) is 76.0. The number of aliphatic hydroxyl groups is 3. The van der Waals surface area contributed by atoms with Gasteiger partial charge in [-0.05, 0) is 136 Å². The third-order valence-electron chi connectivity index (χ3n) is 22.8. The number of carbonyl (C=O) groups excluding carboxylic acids is 20. The van der Waals surface area contributed by atoms with E-state index in [0.29, 0.717) is 24.8 Å². The first-order valence-corrected chi connectivity index (χ1v) is 46.4. The first-order valence-electron chi connectivity index (χ1n) is 46.4. The van der Waals surface area contributed by atoms with Gasteiger partial charge in [0.05, 0.1) is 25.7 Å². The fourth-order valence-corrected chi connectivity index (χ4v) is 14.2. The number of benzene rings is 1. The predicted molar refractivity (Wildman–Crippen MR) is 494 cm³/mol. The summed E-state index contributed by atoms with van der Waals surface area (Å²) >= 11 is 0. The molecule has 44 nitrogen and oxygen atoms in total. The van der Waals surface area contributed by atoms with Crippen molar-refractivity contribution in [3.05, 3.63) is 59.4 Å². The molecular weight excluding hydrogens is 1760 g/mol. The monoisotopic (exact) mass is 1910 g/mol. The Bertz CT molecular complexity index is 4320. The first-order chi connectivity index (χ1) is 63.4. The topological polar surface area (TPSA) is 657 Å². The van der Waals surface area contributed by atoms with Crippen molar-refractivity contribution in [2.75, 3.05) is 26.3 Å². The van der Waals surface area contributed by atoms with Crippen LogP contribution in [-0.4, -0.2) is 280 Å². The molecule has 2 heterocycles. The van der Waals surface area contributed by atoms with Crippen LogP contribution in [0, 0.1) is 29.6 Å². The van der Waals surface area contributed by atoms with Crippen molar-refractivity contribution in [2.45, 2.75) is 337 Å². The number of esters is 1. The van der Waals surface area contributed by atoms with Gasteiger partial charge in [0.2, 0.25) is 100 Å². The number of amides is 19. The van der Waals surface area contributed by atoms with E-state index >= 15 is 0 Å². The third-order valence-corrected chi connectivity index (χ3v) is 22.8. The average Bonchev–Trinajstić information content (AvgIpc) is 1.70. The Kier molecular flexibility index (Phi) is 50.6. The van der Waals surface area contributed by atoms with Gasteiger partial charge < -0.3 is 126 Å². The molecule has 23 N–H and O–H groups in total. The predicted octanol–water partition coefficient (Wildman–Crippen LogP) is -3.41. The molecule has 0 aromatic heterocycles. The second-order valence-corrected chi connectivity index (χ2v) is 35.8. The van der Waals surface area contributed by atoms with Gasteiger partial charge in [0, 0.05) is 13.0 Å². The Morgan fingerprint density at radius 3 is 1.46 bits per heavy atom. The van der Waals surface area contributed by atoms with Gasteiger partial charge in [0.25, 0.3) is 11.8 Å². The molecule has 135 heavy (non-hydrogen) atoms. The largest absolute Gasteiger partial charge is 0.458 e. The molecule has 0 aliphatic carbocycles. The van der Waals surface area contributed by atoms with Crippen molar-refractivity contribution in [1.82, 2.24) is 101 Å². The number of carbonyl (C=O) groups is 20. The summed E-state index contributed by atoms with van der Waals surface area (Å²) in [5.41, 5.74) is 5.70. The van der Waals surface area contributed by atoms with Crippen LogP contribution in [0.25, 0.3) is 0 Å². The maximum atomic E-state index is 14.3. The van der Waals surface area contributed by atoms with Crippen molar-refractivity contribution in [3.63, 3.8) is 0 Å². The summed E-state index contributed by atoms with van der Waals surface area (Å²) in [6, 6.07) is -16.1. The molecule has 1 aromatic carbocycles. The zero-order valence-corrected chi connectivity index (χ0v) is 81.4. The highest BCUT2D eigenvalue weighted by Gasteiger charge is 2.43. The summed E-state index contributed by atoms with van der Waals surface area (Å²) in [6.07, 6.45) is 5.74. The number of hydrogen-bond acceptors (Lipinski definition) is 25. The summed E-state index contributed by atoms with van der Waals surface area (Å²) in [6.45, 7) is 28.3. The molecule has 3 rings (SSSR count). The molecule has 44 heteroatoms. The van der Waals surface area contributed by atoms with Crippen LogP contribution >= 0.6 is 0 Å². The Morgan fingerprint density at radius 2 is 0.970 bits per heavy atom. The third kappa shape index (κ3) is 38.3. The number of unbranched alkanes of at least 4 members (excludes halogenated alkanes) is 4. The van der Waals surface area contributed by atoms with Gasteiger partial charge in [-0.2, -0.15) is 0 Å². The lowest BCUT2D eigenvalue weighted by atomic mass is 9.96. The highest BCUT2D eigenvalue weighted by molar-refractivity contribution is 6.05. The number of hydrogen-bond donors (Lipinski definition) is 22. The first kappa shape index (κ1) is 117. The minimum absolute atomic E-state index is 0.0655. The van der Waals surface area contributed by atoms with Crippen LogP contribution in [0.2, 0.25) is 0 Å². The van der Waals surface area contributed by atoms with Gasteiger partial charge in [-0.3, -0.25) is 91.1 Å². The van der Waals surface area contributed by atoms with Crippen molar-refractivity contribution < 1.29 is 116 Å². The van der Waals surface area contributed by atoms with E-state index in [4.69, 9.17) is 10.5 Å². The number of allylic oxidation sites excluding steroid dienone is 2. The number of nitrogens with one attached hydrogen (secondary N) is 18. The number of likely N-dealkylation sites (tertiary alicyclic amines) is 1. The zero-order chi connectivity index (χ0) is 102. The molecule has 2 aliphatic heterocycles. The number of rotatable bonds is 49. The summed E-state index contributed by atoms with van der Waals surface area (Å²) in [5.74, 6) is -20.9. The fraction of sp³-hybridized carbons (Fsp3) is 0.670. The lowest BCUT2D eigenvalue weighted by Gasteiger charge is -2.31. The SMILES string of the molecule is C/C=C(\NC(=O)[C@@H](CC(C)C)NC(=O)[C@@H](C)NC(=O)[C@H](NC(=O)[C@@H](C)NC(=O)[C@@H](CO)NC(=O)[C@H](NC(=O)[C@H](C)NC(=O)[C@@H](C)NC(=O)[C@@H](C)NC(=O)[C@H](NC(=O)[C@H](NC(=O)[C@H]1CCCN1C(=O)/C(=C/C)NC(=O)C[C@H](O)CCCCCCC)[C@H](C)CC)C(C)C)C(C)C)C(C)C)C(=O)N[C@H]1C(=O)N[C@@H](C)C(=O)N[C@@H](CCN)C(=O)N[C@H](CO)C(=O)N[C@@H](Cc2ccccc2)C(=O)O[C@@H]1C. The Hall–Kier alpha value is -12.1. The molecule has 0 spiro atoms. The maximum absolute atomic E-state index is 14.3. The van der Waals surface area contributed by atoms with Crippen molar-refractivity contribution in [1.29, 1.82) is 0 Å². The molecule has 0 unspecified atom stereocenters. The van der Waals surface area contributed by atoms with E-state index in [1.165, 1.54) is 80.2 Å². The van der Waals surface area contributed by atoms with Crippen LogP contribution in [0.1, 0.15) is 221 Å². The minimum atomic E-state index is -1.87. The number of nitrogens with two attached hydrogens (primary N) is 1. The molecule has 20 atom stereocenters. The normalized spacial score (nSPS) is 20.4. The smallest absolute Gasteiger partial charge is 0.329 e. The molecule has 2 aliphatic rings. The van der Waals surface area contributed by atoms with Gasteiger partial charge >= 0.3 is 5.97 Å². The lowest BCUT2D eigenvalue weighted by Crippen LogP contribution is -2.62. The second-order valence-electron chi connectivity index (χ2n) is 35.8. The van der Waals surface area contributed by atoms with Gasteiger partial charge in [0.15, 0.2) is 0 Å². The van der Waals surface area contributed by atoms with E-state index in [0.717, 1.165) is 38.2 Å². The molecule has 0 bridgehead atoms. The van der Waals surface area contributed by atoms with Gasteiger partial charge in [-0.15, -0.1) is 0 Å². The van der Waals surface area contributed by atoms with E-state index in [1.807, 2.05) is 0 Å². The van der Waals surface area contributed by atoms with Crippen molar-refractivity contribution >= 4 is 118 Å². The Balaban J connectivity index is 1.65. The van der Waals surface area contributed by atoms with Crippen LogP contribution < -0.4 is 101 Å². The highest BCUT2D eigenvalue weighted by Crippen LogP contribution is 2.23. The van der Waals surface area contributed by atoms with E-state index in [9.17, 15) is 111 Å². The van der Waals surface area contributed by atoms with Crippen molar-refractivity contribution in [2.24, 2.45) is 35.3 Å². The van der Waals surface area contributed by atoms with E-state index in [1.54, 1.807) is 92.6 Å². The van der Waals surface area contributed by atoms with Gasteiger partial charge in [0.1, 0.15) is 120 Å². The second kappa shape index (κ2) is 58.3. The minimum Gasteiger partial charge on any atom is -0.458 e. The molecule has 19 amide bonds. The van der Waals surface area contributed by atoms with Crippen LogP contribution in [0.4, 0.5) is 0 Å². The van der Waals surface area contributed by atoms with Crippen LogP contribution in [0.5, 0.6) is 0 Å². The number of aliphatic hydroxyl groups excluding tert-OH is 3. The van der Waals surface area contributed by atoms with Crippen molar-refractivity contribution in [3.8, 4) is 0 Å². The fourth-order valence-electron chi connectivity index (χ4n) is 14.2. The van der Waals surface area contributed by atoms with E-state index < -0.39 is 276 Å². The number of ether oxygens (including phenoxy) is 1. The van der Waals surface area contributed by atoms with Crippen LogP contribution in [0.3, 0.4) is 0 Å². The molecule has 2 saturated heterocycles. The zero-order valence-electron chi connectivity index (χ0n) is 81.4. The molecule has 0 radical (unpaired) electrons. The van der Waals surface area contributed by atoms with E-state index in [2.05, 4.69) is 103 Å². The summed E-state index contributed by atoms with van der Waals surface area (Å²) < 4.78 is 5.74. The van der Waals surface area contributed by atoms with Gasteiger partial charge in [-0.25, -0.2) is 4.79 Å². The molecule has 756 valence electrons. The Morgan fingerprint density at radius 1 is 0.511 bits per heavy atom. The van der Waals surface area contributed by atoms with Gasteiger partial charge in [-0.1, -0.05) is 157 Å². The van der Waals surface area contributed by atoms with Crippen LogP contribution in [0.15, 0.2) is 53.9 Å². The highest BCUT2D eigenvalue weighted by atomic mass is 16.5. The quantitative estimate of drug-likeness (QED) is 0.0172. The maximum Gasteiger partial charge on any atom is 0.329 e. The summed E-state index contributed by atoms with van der Waals surface area (Å²) in [4.78, 5) is 278. The Labute approximate surface area is 789 Å². The molecule has 0 saturated carbocycles. The molecule has 2 fully saturated rings. The molecular formula is C91H148N20O24. The average molecular weight is 1910 g/mol. The summed E-state index contributed by atoms with van der Waals surface area (Å²) in [7, 11) is 0. The lowest BCUT2D eigenvalue weighted by molar-refractivity contribution is -0.156. The standard InChI is InChI=1S/C91H148N20O24/c1-21-25-26-27-31-35-58(114)42-67(115)99-60(24-4)90(133)111-39-32-36-66(111)84(127)109-71(49(13)22-2)88(131)108-69(47(9)10)86(129)96-51(15)74(117)93-50(14)73(116)94-54(18)77(120)107-70(48(11)12)87(130)105-64(43-112)82(125)95-55(19)78(121)106-68(46(7)8)85(128)97-53(17)76(119)102-62(40-45(5)6)81(124)100-59(23-3)79(122)110-72-56(20)135-91(134)63(41-57-33-29-28-30-34-57)103-83(126)65(44-113)104-80(123)61(37-38-92)101-75(118)52(16)98-89(72)132/h23-24,28-30,33-34,45-56,58,61-66,68-72,112-114H,21-22,25-27,31-32,35-44,92H2,1-20H3,(H,93,117)(H,94,116)(H,95,125)(H,96,129)(H,97,128)(H,98,132)(H,99,115)(H,100,124)(H,101,118)(H,102,119)(H,103,126)(H,104,123)(H,105,130)(H,106,121)(H,107,120)(H,108,131)(H,109,127)(H,110,122)/b59-23-,60-24-/t49-,50-,51-,52+,53-,54+,55-,56-,58-,61+,62-,63+,64-,65-,66-,68-,69-,70-,71-,72-/m1/s1.